The maximum Gasteiger partial charge on any atom is 0.146 e. The molecule has 2 rings (SSSR count). The van der Waals surface area contributed by atoms with Gasteiger partial charge in [-0.15, -0.1) is 0 Å². The van der Waals surface area contributed by atoms with E-state index in [1.54, 1.807) is 6.20 Å². The molecule has 0 fully saturated rings. The van der Waals surface area contributed by atoms with Crippen LogP contribution < -0.4 is 0 Å². The van der Waals surface area contributed by atoms with Gasteiger partial charge < -0.3 is 0 Å². The number of aryl methyl sites for hydroxylation is 1. The normalized spacial score (nSPS) is 11.8. The van der Waals surface area contributed by atoms with Gasteiger partial charge >= 0.3 is 0 Å². The first-order valence-corrected chi connectivity index (χ1v) is 6.04. The number of aromatic nitrogens is 2. The highest BCUT2D eigenvalue weighted by Gasteiger charge is 2.12. The fourth-order valence-electron chi connectivity index (χ4n) is 1.84. The van der Waals surface area contributed by atoms with E-state index >= 15 is 0 Å². The summed E-state index contributed by atoms with van der Waals surface area (Å²) < 4.78 is 0. The van der Waals surface area contributed by atoms with Crippen LogP contribution in [0, 0.1) is 18.3 Å². The number of nitriles is 1. The van der Waals surface area contributed by atoms with Crippen LogP contribution in [0.25, 0.3) is 11.3 Å². The van der Waals surface area contributed by atoms with Crippen molar-refractivity contribution in [1.82, 2.24) is 9.97 Å². The molecule has 1 aromatic heterocycles. The van der Waals surface area contributed by atoms with Gasteiger partial charge in [0.1, 0.15) is 11.7 Å². The highest BCUT2D eigenvalue weighted by molar-refractivity contribution is 5.59. The van der Waals surface area contributed by atoms with Gasteiger partial charge in [0.05, 0.1) is 11.8 Å². The molecule has 1 atom stereocenters. The highest BCUT2D eigenvalue weighted by Crippen LogP contribution is 2.20. The lowest BCUT2D eigenvalue weighted by atomic mass is 10.1. The van der Waals surface area contributed by atoms with E-state index in [9.17, 15) is 0 Å². The van der Waals surface area contributed by atoms with Crippen LogP contribution in [0.1, 0.15) is 30.7 Å². The molecule has 0 amide bonds. The van der Waals surface area contributed by atoms with Crippen LogP contribution >= 0.6 is 0 Å². The molecule has 0 aliphatic carbocycles. The van der Waals surface area contributed by atoms with Gasteiger partial charge in [-0.05, 0) is 25.5 Å². The summed E-state index contributed by atoms with van der Waals surface area (Å²) in [6.07, 6.45) is 2.45. The predicted molar refractivity (Wildman–Crippen MR) is 70.9 cm³/mol. The SMILES string of the molecule is CCC(C#N)c1nccc(-c2cccc(C)c2)n1. The molecule has 0 spiro atoms. The molecule has 90 valence electrons. The van der Waals surface area contributed by atoms with Crippen molar-refractivity contribution in [2.75, 3.05) is 0 Å². The van der Waals surface area contributed by atoms with E-state index in [1.807, 2.05) is 25.1 Å². The third-order valence-corrected chi connectivity index (χ3v) is 2.86. The summed E-state index contributed by atoms with van der Waals surface area (Å²) in [7, 11) is 0. The summed E-state index contributed by atoms with van der Waals surface area (Å²) in [6, 6.07) is 12.3. The molecule has 0 saturated heterocycles. The van der Waals surface area contributed by atoms with Gasteiger partial charge in [-0.3, -0.25) is 0 Å². The van der Waals surface area contributed by atoms with Gasteiger partial charge in [0.25, 0.3) is 0 Å². The monoisotopic (exact) mass is 237 g/mol. The Balaban J connectivity index is 2.42. The summed E-state index contributed by atoms with van der Waals surface area (Å²) in [5, 5.41) is 9.06. The quantitative estimate of drug-likeness (QED) is 0.821. The average molecular weight is 237 g/mol. The first-order valence-electron chi connectivity index (χ1n) is 6.04. The van der Waals surface area contributed by atoms with Crippen molar-refractivity contribution in [3.8, 4) is 17.3 Å². The van der Waals surface area contributed by atoms with Crippen molar-refractivity contribution in [3.63, 3.8) is 0 Å². The van der Waals surface area contributed by atoms with Gasteiger partial charge in [-0.1, -0.05) is 30.7 Å². The summed E-state index contributed by atoms with van der Waals surface area (Å²) in [5.74, 6) is 0.383. The van der Waals surface area contributed by atoms with Gasteiger partial charge in [0, 0.05) is 11.8 Å². The number of hydrogen-bond donors (Lipinski definition) is 0. The molecule has 2 aromatic rings. The average Bonchev–Trinajstić information content (AvgIpc) is 2.41. The van der Waals surface area contributed by atoms with Gasteiger partial charge in [-0.25, -0.2) is 9.97 Å². The fraction of sp³-hybridized carbons (Fsp3) is 0.267. The molecule has 0 radical (unpaired) electrons. The molecule has 1 heterocycles. The number of rotatable bonds is 3. The lowest BCUT2D eigenvalue weighted by Crippen LogP contribution is -2.02. The summed E-state index contributed by atoms with van der Waals surface area (Å²) in [5.41, 5.74) is 3.13. The molecule has 18 heavy (non-hydrogen) atoms. The molecular formula is C15H15N3. The van der Waals surface area contributed by atoms with Crippen molar-refractivity contribution >= 4 is 0 Å². The van der Waals surface area contributed by atoms with Crippen molar-refractivity contribution in [2.45, 2.75) is 26.2 Å². The van der Waals surface area contributed by atoms with Crippen LogP contribution in [0.4, 0.5) is 0 Å². The first kappa shape index (κ1) is 12.3. The Labute approximate surface area is 107 Å². The Bertz CT molecular complexity index is 584. The molecule has 1 aromatic carbocycles. The van der Waals surface area contributed by atoms with E-state index in [-0.39, 0.29) is 5.92 Å². The molecule has 0 N–H and O–H groups in total. The second-order valence-corrected chi connectivity index (χ2v) is 4.26. The molecule has 3 heteroatoms. The van der Waals surface area contributed by atoms with Crippen LogP contribution in [0.15, 0.2) is 36.5 Å². The van der Waals surface area contributed by atoms with Crippen molar-refractivity contribution < 1.29 is 0 Å². The lowest BCUT2D eigenvalue weighted by Gasteiger charge is -2.07. The van der Waals surface area contributed by atoms with E-state index in [4.69, 9.17) is 5.26 Å². The van der Waals surface area contributed by atoms with E-state index in [0.717, 1.165) is 17.7 Å². The zero-order valence-corrected chi connectivity index (χ0v) is 10.6. The van der Waals surface area contributed by atoms with E-state index in [0.29, 0.717) is 5.82 Å². The number of nitrogens with zero attached hydrogens (tertiary/aromatic N) is 3. The van der Waals surface area contributed by atoms with Gasteiger partial charge in [0.15, 0.2) is 0 Å². The van der Waals surface area contributed by atoms with Crippen LogP contribution in [0.2, 0.25) is 0 Å². The predicted octanol–water partition coefficient (Wildman–Crippen LogP) is 3.47. The zero-order chi connectivity index (χ0) is 13.0. The Morgan fingerprint density at radius 3 is 2.83 bits per heavy atom. The third-order valence-electron chi connectivity index (χ3n) is 2.86. The Morgan fingerprint density at radius 2 is 2.17 bits per heavy atom. The van der Waals surface area contributed by atoms with Crippen LogP contribution in [0.3, 0.4) is 0 Å². The second kappa shape index (κ2) is 5.42. The maximum atomic E-state index is 9.06. The van der Waals surface area contributed by atoms with Gasteiger partial charge in [0.2, 0.25) is 0 Å². The molecule has 1 unspecified atom stereocenters. The molecule has 0 saturated carbocycles. The Kier molecular flexibility index (Phi) is 3.69. The minimum Gasteiger partial charge on any atom is -0.240 e. The lowest BCUT2D eigenvalue weighted by molar-refractivity contribution is 0.752. The van der Waals surface area contributed by atoms with Gasteiger partial charge in [-0.2, -0.15) is 5.26 Å². The van der Waals surface area contributed by atoms with E-state index in [1.165, 1.54) is 5.56 Å². The number of hydrogen-bond acceptors (Lipinski definition) is 3. The highest BCUT2D eigenvalue weighted by atomic mass is 14.9. The minimum absolute atomic E-state index is 0.227. The second-order valence-electron chi connectivity index (χ2n) is 4.26. The molecular weight excluding hydrogens is 222 g/mol. The van der Waals surface area contributed by atoms with Crippen molar-refractivity contribution in [2.24, 2.45) is 0 Å². The van der Waals surface area contributed by atoms with Crippen LogP contribution in [-0.4, -0.2) is 9.97 Å². The number of benzene rings is 1. The maximum absolute atomic E-state index is 9.06. The first-order chi connectivity index (χ1) is 8.74. The van der Waals surface area contributed by atoms with Crippen molar-refractivity contribution in [1.29, 1.82) is 5.26 Å². The fourth-order valence-corrected chi connectivity index (χ4v) is 1.84. The largest absolute Gasteiger partial charge is 0.240 e. The summed E-state index contributed by atoms with van der Waals surface area (Å²) in [6.45, 7) is 4.02. The topological polar surface area (TPSA) is 49.6 Å². The Hall–Kier alpha value is -2.21. The van der Waals surface area contributed by atoms with Crippen LogP contribution in [-0.2, 0) is 0 Å². The zero-order valence-electron chi connectivity index (χ0n) is 10.6. The standard InChI is InChI=1S/C15H15N3/c1-3-12(10-16)15-17-8-7-14(18-15)13-6-4-5-11(2)9-13/h4-9,12H,3H2,1-2H3. The smallest absolute Gasteiger partial charge is 0.146 e. The molecule has 3 nitrogen and oxygen atoms in total. The van der Waals surface area contributed by atoms with Crippen molar-refractivity contribution in [3.05, 3.63) is 47.9 Å². The third kappa shape index (κ3) is 2.54. The molecule has 0 aliphatic heterocycles. The minimum atomic E-state index is -0.227. The Morgan fingerprint density at radius 1 is 1.33 bits per heavy atom. The van der Waals surface area contributed by atoms with E-state index in [2.05, 4.69) is 35.1 Å². The summed E-state index contributed by atoms with van der Waals surface area (Å²) >= 11 is 0. The van der Waals surface area contributed by atoms with Crippen LogP contribution in [0.5, 0.6) is 0 Å². The van der Waals surface area contributed by atoms with E-state index < -0.39 is 0 Å². The molecule has 0 aliphatic rings. The summed E-state index contributed by atoms with van der Waals surface area (Å²) in [4.78, 5) is 8.69. The molecule has 0 bridgehead atoms.